The van der Waals surface area contributed by atoms with E-state index < -0.39 is 0 Å². The van der Waals surface area contributed by atoms with E-state index >= 15 is 0 Å². The highest BCUT2D eigenvalue weighted by Crippen LogP contribution is 2.39. The zero-order valence-corrected chi connectivity index (χ0v) is 11.5. The minimum atomic E-state index is -0.0363. The van der Waals surface area contributed by atoms with E-state index in [1.165, 1.54) is 25.7 Å². The number of rotatable bonds is 5. The number of hydrogen-bond donors (Lipinski definition) is 0. The summed E-state index contributed by atoms with van der Waals surface area (Å²) in [5, 5.41) is 0. The van der Waals surface area contributed by atoms with Crippen molar-refractivity contribution < 1.29 is 4.79 Å². The van der Waals surface area contributed by atoms with Gasteiger partial charge in [0.05, 0.1) is 5.54 Å². The van der Waals surface area contributed by atoms with E-state index in [4.69, 9.17) is 0 Å². The van der Waals surface area contributed by atoms with Crippen molar-refractivity contribution in [1.82, 2.24) is 4.90 Å². The van der Waals surface area contributed by atoms with Crippen molar-refractivity contribution in [2.45, 2.75) is 70.8 Å². The van der Waals surface area contributed by atoms with Crippen molar-refractivity contribution in [2.75, 3.05) is 13.1 Å². The zero-order valence-electron chi connectivity index (χ0n) is 11.5. The first-order chi connectivity index (χ1) is 8.15. The quantitative estimate of drug-likeness (QED) is 0.730. The summed E-state index contributed by atoms with van der Waals surface area (Å²) < 4.78 is 0. The molecule has 2 fully saturated rings. The Hall–Kier alpha value is -0.370. The third-order valence-corrected chi connectivity index (χ3v) is 4.61. The second kappa shape index (κ2) is 5.51. The van der Waals surface area contributed by atoms with E-state index in [9.17, 15) is 4.79 Å². The Kier molecular flexibility index (Phi) is 4.24. The summed E-state index contributed by atoms with van der Waals surface area (Å²) in [5.74, 6) is 1.20. The van der Waals surface area contributed by atoms with Gasteiger partial charge in [-0.15, -0.1) is 0 Å². The number of carbonyl (C=O) groups excluding carboxylic acids is 1. The molecule has 17 heavy (non-hydrogen) atoms. The molecule has 1 aliphatic heterocycles. The number of hydrogen-bond acceptors (Lipinski definition) is 2. The predicted octanol–water partition coefficient (Wildman–Crippen LogP) is 3.40. The zero-order chi connectivity index (χ0) is 12.3. The molecule has 0 unspecified atom stereocenters. The molecule has 2 nitrogen and oxygen atoms in total. The summed E-state index contributed by atoms with van der Waals surface area (Å²) in [5.41, 5.74) is -0.0363. The van der Waals surface area contributed by atoms with Gasteiger partial charge in [-0.2, -0.15) is 0 Å². The van der Waals surface area contributed by atoms with E-state index in [2.05, 4.69) is 18.7 Å². The summed E-state index contributed by atoms with van der Waals surface area (Å²) in [4.78, 5) is 15.1. The Bertz CT molecular complexity index is 260. The molecule has 2 aliphatic rings. The van der Waals surface area contributed by atoms with Gasteiger partial charge in [0.2, 0.25) is 0 Å². The largest absolute Gasteiger partial charge is 0.298 e. The summed E-state index contributed by atoms with van der Waals surface area (Å²) in [6.45, 7) is 6.75. The minimum absolute atomic E-state index is 0.0363. The van der Waals surface area contributed by atoms with Crippen LogP contribution in [0.15, 0.2) is 0 Å². The molecule has 2 heteroatoms. The predicted molar refractivity (Wildman–Crippen MR) is 71.1 cm³/mol. The SMILES string of the molecule is CC(C)CCC(=O)C1(N2CCCC2)CCCC1. The Morgan fingerprint density at radius 2 is 1.71 bits per heavy atom. The van der Waals surface area contributed by atoms with Gasteiger partial charge in [-0.1, -0.05) is 26.7 Å². The number of carbonyl (C=O) groups is 1. The van der Waals surface area contributed by atoms with E-state index in [1.807, 2.05) is 0 Å². The van der Waals surface area contributed by atoms with Crippen LogP contribution in [0.1, 0.15) is 65.2 Å². The van der Waals surface area contributed by atoms with Crippen LogP contribution in [0.2, 0.25) is 0 Å². The summed E-state index contributed by atoms with van der Waals surface area (Å²) >= 11 is 0. The van der Waals surface area contributed by atoms with Gasteiger partial charge >= 0.3 is 0 Å². The first-order valence-corrected chi connectivity index (χ1v) is 7.43. The molecule has 0 aromatic carbocycles. The van der Waals surface area contributed by atoms with Crippen molar-refractivity contribution in [3.63, 3.8) is 0 Å². The van der Waals surface area contributed by atoms with E-state index in [0.29, 0.717) is 11.7 Å². The molecule has 1 saturated heterocycles. The Morgan fingerprint density at radius 1 is 1.12 bits per heavy atom. The summed E-state index contributed by atoms with van der Waals surface area (Å²) in [6, 6.07) is 0. The standard InChI is InChI=1S/C15H27NO/c1-13(2)7-8-14(17)15(9-3-4-10-15)16-11-5-6-12-16/h13H,3-12H2,1-2H3. The maximum atomic E-state index is 12.6. The second-order valence-corrected chi connectivity index (χ2v) is 6.29. The number of ketones is 1. The average Bonchev–Trinajstić information content (AvgIpc) is 2.95. The first-order valence-electron chi connectivity index (χ1n) is 7.43. The van der Waals surface area contributed by atoms with Crippen molar-refractivity contribution in [3.05, 3.63) is 0 Å². The molecule has 0 N–H and O–H groups in total. The molecule has 0 aromatic heterocycles. The summed E-state index contributed by atoms with van der Waals surface area (Å²) in [7, 11) is 0. The van der Waals surface area contributed by atoms with Crippen LogP contribution in [0.25, 0.3) is 0 Å². The van der Waals surface area contributed by atoms with Gasteiger partial charge in [0.25, 0.3) is 0 Å². The average molecular weight is 237 g/mol. The maximum absolute atomic E-state index is 12.6. The lowest BCUT2D eigenvalue weighted by Crippen LogP contribution is -2.51. The molecule has 0 amide bonds. The van der Waals surface area contributed by atoms with E-state index in [0.717, 1.165) is 38.8 Å². The van der Waals surface area contributed by atoms with Gasteiger partial charge in [0.15, 0.2) is 5.78 Å². The van der Waals surface area contributed by atoms with Gasteiger partial charge < -0.3 is 0 Å². The fourth-order valence-corrected chi connectivity index (χ4v) is 3.53. The molecule has 0 aromatic rings. The van der Waals surface area contributed by atoms with Gasteiger partial charge in [0.1, 0.15) is 0 Å². The van der Waals surface area contributed by atoms with Crippen LogP contribution in [0.5, 0.6) is 0 Å². The van der Waals surface area contributed by atoms with Crippen LogP contribution in [0.3, 0.4) is 0 Å². The fourth-order valence-electron chi connectivity index (χ4n) is 3.53. The van der Waals surface area contributed by atoms with Gasteiger partial charge in [-0.05, 0) is 51.1 Å². The topological polar surface area (TPSA) is 20.3 Å². The monoisotopic (exact) mass is 237 g/mol. The Labute approximate surface area is 106 Å². The molecule has 1 aliphatic carbocycles. The molecule has 1 heterocycles. The van der Waals surface area contributed by atoms with Crippen molar-refractivity contribution in [3.8, 4) is 0 Å². The lowest BCUT2D eigenvalue weighted by molar-refractivity contribution is -0.130. The lowest BCUT2D eigenvalue weighted by Gasteiger charge is -2.37. The number of Topliss-reactive ketones (excluding diaryl/α,β-unsaturated/α-hetero) is 1. The molecule has 2 rings (SSSR count). The van der Waals surface area contributed by atoms with Crippen LogP contribution in [-0.2, 0) is 4.79 Å². The Balaban J connectivity index is 2.02. The molecular formula is C15H27NO. The van der Waals surface area contributed by atoms with Crippen molar-refractivity contribution >= 4 is 5.78 Å². The number of likely N-dealkylation sites (tertiary alicyclic amines) is 1. The second-order valence-electron chi connectivity index (χ2n) is 6.29. The highest BCUT2D eigenvalue weighted by atomic mass is 16.1. The minimum Gasteiger partial charge on any atom is -0.298 e. The highest BCUT2D eigenvalue weighted by Gasteiger charge is 2.45. The highest BCUT2D eigenvalue weighted by molar-refractivity contribution is 5.88. The smallest absolute Gasteiger partial charge is 0.153 e. The molecule has 1 saturated carbocycles. The molecule has 98 valence electrons. The van der Waals surface area contributed by atoms with Crippen LogP contribution < -0.4 is 0 Å². The van der Waals surface area contributed by atoms with Gasteiger partial charge in [-0.3, -0.25) is 9.69 Å². The first kappa shape index (κ1) is 13.1. The van der Waals surface area contributed by atoms with E-state index in [-0.39, 0.29) is 5.54 Å². The van der Waals surface area contributed by atoms with Gasteiger partial charge in [0, 0.05) is 6.42 Å². The molecule has 0 atom stereocenters. The maximum Gasteiger partial charge on any atom is 0.153 e. The van der Waals surface area contributed by atoms with E-state index in [1.54, 1.807) is 0 Å². The third-order valence-electron chi connectivity index (χ3n) is 4.61. The van der Waals surface area contributed by atoms with Crippen molar-refractivity contribution in [2.24, 2.45) is 5.92 Å². The number of nitrogens with zero attached hydrogens (tertiary/aromatic N) is 1. The van der Waals surface area contributed by atoms with Crippen LogP contribution in [-0.4, -0.2) is 29.3 Å². The van der Waals surface area contributed by atoms with Crippen molar-refractivity contribution in [1.29, 1.82) is 0 Å². The Morgan fingerprint density at radius 3 is 2.24 bits per heavy atom. The molecular weight excluding hydrogens is 210 g/mol. The lowest BCUT2D eigenvalue weighted by atomic mass is 9.86. The fraction of sp³-hybridized carbons (Fsp3) is 0.933. The molecule has 0 radical (unpaired) electrons. The normalized spacial score (nSPS) is 24.6. The van der Waals surface area contributed by atoms with Crippen LogP contribution in [0, 0.1) is 5.92 Å². The summed E-state index contributed by atoms with van der Waals surface area (Å²) in [6.07, 6.45) is 9.21. The third kappa shape index (κ3) is 2.73. The van der Waals surface area contributed by atoms with Crippen LogP contribution >= 0.6 is 0 Å². The molecule has 0 spiro atoms. The molecule has 0 bridgehead atoms. The van der Waals surface area contributed by atoms with Crippen LogP contribution in [0.4, 0.5) is 0 Å². The van der Waals surface area contributed by atoms with Gasteiger partial charge in [-0.25, -0.2) is 0 Å².